The summed E-state index contributed by atoms with van der Waals surface area (Å²) >= 11 is 3.20. The molecule has 0 radical (unpaired) electrons. The molecule has 1 aliphatic heterocycles. The monoisotopic (exact) mass is 334 g/mol. The molecular formula is C16H18N2O2S2. The molecule has 3 rings (SSSR count). The molecule has 1 aromatic heterocycles. The number of nitrogens with one attached hydrogen (secondary N) is 1. The van der Waals surface area contributed by atoms with Gasteiger partial charge in [0, 0.05) is 6.20 Å². The van der Waals surface area contributed by atoms with Crippen LogP contribution in [0.15, 0.2) is 30.5 Å². The molecule has 1 aromatic carbocycles. The van der Waals surface area contributed by atoms with E-state index < -0.39 is 5.60 Å². The minimum atomic E-state index is -1.25. The van der Waals surface area contributed by atoms with E-state index in [1.54, 1.807) is 18.0 Å². The highest BCUT2D eigenvalue weighted by atomic mass is 32.2. The van der Waals surface area contributed by atoms with Gasteiger partial charge < -0.3 is 5.11 Å². The number of aromatic nitrogens is 1. The molecule has 0 unspecified atom stereocenters. The number of carbonyl (C=O) groups excluding carboxylic acids is 1. The Kier molecular flexibility index (Phi) is 4.52. The summed E-state index contributed by atoms with van der Waals surface area (Å²) in [4.78, 5) is 17.6. The third kappa shape index (κ3) is 3.19. The van der Waals surface area contributed by atoms with Crippen molar-refractivity contribution in [2.75, 3.05) is 16.8 Å². The van der Waals surface area contributed by atoms with Gasteiger partial charge in [-0.2, -0.15) is 11.8 Å². The minimum absolute atomic E-state index is 0.335. The molecule has 4 nitrogen and oxygen atoms in total. The predicted octanol–water partition coefficient (Wildman–Crippen LogP) is 3.32. The van der Waals surface area contributed by atoms with Crippen LogP contribution < -0.4 is 5.32 Å². The van der Waals surface area contributed by atoms with Gasteiger partial charge in [-0.05, 0) is 42.4 Å². The molecule has 1 aliphatic rings. The SMILES string of the molecule is Cc1ccccc1-c1cnc(NC(=O)C2(O)CCSCC2)s1. The largest absolute Gasteiger partial charge is 0.380 e. The van der Waals surface area contributed by atoms with E-state index in [9.17, 15) is 9.90 Å². The van der Waals surface area contributed by atoms with Gasteiger partial charge in [0.05, 0.1) is 4.88 Å². The summed E-state index contributed by atoms with van der Waals surface area (Å²) in [6, 6.07) is 8.08. The van der Waals surface area contributed by atoms with Crippen molar-refractivity contribution in [1.29, 1.82) is 0 Å². The van der Waals surface area contributed by atoms with Gasteiger partial charge in [-0.25, -0.2) is 4.98 Å². The van der Waals surface area contributed by atoms with E-state index in [1.165, 1.54) is 16.9 Å². The Labute approximate surface area is 138 Å². The number of amides is 1. The second-order valence-corrected chi connectivity index (χ2v) is 7.70. The Morgan fingerprint density at radius 3 is 2.77 bits per heavy atom. The van der Waals surface area contributed by atoms with Gasteiger partial charge in [-0.3, -0.25) is 10.1 Å². The zero-order valence-corrected chi connectivity index (χ0v) is 14.0. The van der Waals surface area contributed by atoms with Crippen molar-refractivity contribution >= 4 is 34.1 Å². The molecule has 0 atom stereocenters. The zero-order chi connectivity index (χ0) is 15.6. The van der Waals surface area contributed by atoms with Crippen LogP contribution in [-0.2, 0) is 4.79 Å². The Morgan fingerprint density at radius 1 is 1.32 bits per heavy atom. The quantitative estimate of drug-likeness (QED) is 0.904. The highest BCUT2D eigenvalue weighted by molar-refractivity contribution is 7.99. The highest BCUT2D eigenvalue weighted by Gasteiger charge is 2.37. The van der Waals surface area contributed by atoms with Crippen molar-refractivity contribution in [3.63, 3.8) is 0 Å². The van der Waals surface area contributed by atoms with Crippen LogP contribution in [0.2, 0.25) is 0 Å². The first-order valence-corrected chi connectivity index (χ1v) is 9.19. The lowest BCUT2D eigenvalue weighted by atomic mass is 9.96. The molecule has 0 saturated carbocycles. The van der Waals surface area contributed by atoms with E-state index in [4.69, 9.17) is 0 Å². The van der Waals surface area contributed by atoms with Gasteiger partial charge in [0.25, 0.3) is 5.91 Å². The van der Waals surface area contributed by atoms with Crippen LogP contribution in [0, 0.1) is 6.92 Å². The van der Waals surface area contributed by atoms with E-state index in [0.29, 0.717) is 18.0 Å². The fourth-order valence-corrected chi connectivity index (χ4v) is 4.53. The standard InChI is InChI=1S/C16H18N2O2S2/c1-11-4-2-3-5-12(11)13-10-17-15(22-13)18-14(19)16(20)6-8-21-9-7-16/h2-5,10,20H,6-9H2,1H3,(H,17,18,19). The third-order valence-electron chi connectivity index (χ3n) is 3.88. The van der Waals surface area contributed by atoms with Crippen molar-refractivity contribution in [3.05, 3.63) is 36.0 Å². The van der Waals surface area contributed by atoms with Crippen molar-refractivity contribution in [2.24, 2.45) is 0 Å². The summed E-state index contributed by atoms with van der Waals surface area (Å²) in [6.07, 6.45) is 2.77. The van der Waals surface area contributed by atoms with Gasteiger partial charge in [-0.1, -0.05) is 35.6 Å². The Balaban J connectivity index is 1.74. The smallest absolute Gasteiger partial charge is 0.258 e. The fraction of sp³-hybridized carbons (Fsp3) is 0.375. The molecule has 2 N–H and O–H groups in total. The molecule has 1 amide bonds. The number of aliphatic hydroxyl groups is 1. The Morgan fingerprint density at radius 2 is 2.05 bits per heavy atom. The minimum Gasteiger partial charge on any atom is -0.380 e. The lowest BCUT2D eigenvalue weighted by Gasteiger charge is -2.29. The van der Waals surface area contributed by atoms with Crippen molar-refractivity contribution in [1.82, 2.24) is 4.98 Å². The predicted molar refractivity (Wildman–Crippen MR) is 92.4 cm³/mol. The zero-order valence-electron chi connectivity index (χ0n) is 12.3. The van der Waals surface area contributed by atoms with Crippen LogP contribution in [0.25, 0.3) is 10.4 Å². The summed E-state index contributed by atoms with van der Waals surface area (Å²) in [6.45, 7) is 2.05. The molecule has 22 heavy (non-hydrogen) atoms. The van der Waals surface area contributed by atoms with Crippen LogP contribution in [0.4, 0.5) is 5.13 Å². The number of nitrogens with zero attached hydrogens (tertiary/aromatic N) is 1. The normalized spacial score (nSPS) is 17.2. The molecular weight excluding hydrogens is 316 g/mol. The van der Waals surface area contributed by atoms with Gasteiger partial charge in [0.2, 0.25) is 0 Å². The fourth-order valence-electron chi connectivity index (χ4n) is 2.46. The number of thioether (sulfide) groups is 1. The number of benzene rings is 1. The summed E-state index contributed by atoms with van der Waals surface area (Å²) in [5.74, 6) is 1.30. The maximum atomic E-state index is 12.3. The van der Waals surface area contributed by atoms with Gasteiger partial charge in [0.1, 0.15) is 5.60 Å². The maximum Gasteiger partial charge on any atom is 0.258 e. The average molecular weight is 334 g/mol. The summed E-state index contributed by atoms with van der Waals surface area (Å²) in [5.41, 5.74) is 1.04. The first kappa shape index (κ1) is 15.5. The van der Waals surface area contributed by atoms with Crippen molar-refractivity contribution in [2.45, 2.75) is 25.4 Å². The second-order valence-electron chi connectivity index (χ2n) is 5.44. The lowest BCUT2D eigenvalue weighted by Crippen LogP contribution is -2.45. The summed E-state index contributed by atoms with van der Waals surface area (Å²) in [5, 5.41) is 13.7. The van der Waals surface area contributed by atoms with E-state index in [0.717, 1.165) is 21.9 Å². The molecule has 1 fully saturated rings. The van der Waals surface area contributed by atoms with E-state index >= 15 is 0 Å². The number of rotatable bonds is 3. The van der Waals surface area contributed by atoms with Crippen LogP contribution in [-0.4, -0.2) is 33.1 Å². The summed E-state index contributed by atoms with van der Waals surface area (Å²) in [7, 11) is 0. The van der Waals surface area contributed by atoms with E-state index in [1.807, 2.05) is 18.2 Å². The number of carbonyl (C=O) groups is 1. The van der Waals surface area contributed by atoms with Gasteiger partial charge in [0.15, 0.2) is 5.13 Å². The van der Waals surface area contributed by atoms with Crippen LogP contribution in [0.1, 0.15) is 18.4 Å². The van der Waals surface area contributed by atoms with E-state index in [-0.39, 0.29) is 5.91 Å². The Hall–Kier alpha value is -1.37. The molecule has 116 valence electrons. The molecule has 0 aliphatic carbocycles. The maximum absolute atomic E-state index is 12.3. The van der Waals surface area contributed by atoms with Gasteiger partial charge in [-0.15, -0.1) is 0 Å². The first-order valence-electron chi connectivity index (χ1n) is 7.22. The highest BCUT2D eigenvalue weighted by Crippen LogP contribution is 2.33. The number of aryl methyl sites for hydroxylation is 1. The molecule has 0 spiro atoms. The summed E-state index contributed by atoms with van der Waals surface area (Å²) < 4.78 is 0. The molecule has 0 bridgehead atoms. The van der Waals surface area contributed by atoms with E-state index in [2.05, 4.69) is 23.3 Å². The number of hydrogen-bond donors (Lipinski definition) is 2. The molecule has 1 saturated heterocycles. The topological polar surface area (TPSA) is 62.2 Å². The first-order chi connectivity index (χ1) is 10.6. The van der Waals surface area contributed by atoms with Gasteiger partial charge >= 0.3 is 0 Å². The van der Waals surface area contributed by atoms with Crippen molar-refractivity contribution in [3.8, 4) is 10.4 Å². The van der Waals surface area contributed by atoms with Crippen LogP contribution >= 0.6 is 23.1 Å². The van der Waals surface area contributed by atoms with Crippen LogP contribution in [0.5, 0.6) is 0 Å². The molecule has 2 aromatic rings. The van der Waals surface area contributed by atoms with Crippen molar-refractivity contribution < 1.29 is 9.90 Å². The number of thiazole rings is 1. The number of hydrogen-bond acceptors (Lipinski definition) is 5. The third-order valence-corrected chi connectivity index (χ3v) is 5.81. The average Bonchev–Trinajstić information content (AvgIpc) is 2.97. The Bertz CT molecular complexity index is 678. The van der Waals surface area contributed by atoms with Crippen LogP contribution in [0.3, 0.4) is 0 Å². The molecule has 6 heteroatoms. The second kappa shape index (κ2) is 6.40. The lowest BCUT2D eigenvalue weighted by molar-refractivity contribution is -0.134. The number of anilines is 1. The molecule has 2 heterocycles.